The summed E-state index contributed by atoms with van der Waals surface area (Å²) in [7, 11) is 0. The average molecular weight is 598 g/mol. The number of carbonyl (C=O) groups excluding carboxylic acids is 1. The molecule has 1 fully saturated rings. The number of aryl methyl sites for hydroxylation is 1. The summed E-state index contributed by atoms with van der Waals surface area (Å²) in [6.45, 7) is 3.04. The van der Waals surface area contributed by atoms with Gasteiger partial charge in [-0.2, -0.15) is 0 Å². The summed E-state index contributed by atoms with van der Waals surface area (Å²) in [5, 5.41) is 64.4. The molecule has 0 radical (unpaired) electrons. The van der Waals surface area contributed by atoms with Crippen LogP contribution in [0.3, 0.4) is 0 Å². The van der Waals surface area contributed by atoms with E-state index in [-0.39, 0.29) is 6.61 Å². The molecule has 10 nitrogen and oxygen atoms in total. The monoisotopic (exact) mass is 597 g/mol. The van der Waals surface area contributed by atoms with Crippen LogP contribution in [0.15, 0.2) is 24.3 Å². The lowest BCUT2D eigenvalue weighted by Crippen LogP contribution is -2.60. The molecule has 8 atom stereocenters. The predicted molar refractivity (Wildman–Crippen MR) is 160 cm³/mol. The Morgan fingerprint density at radius 1 is 0.881 bits per heavy atom. The Morgan fingerprint density at radius 2 is 1.45 bits per heavy atom. The molecule has 2 rings (SSSR count). The van der Waals surface area contributed by atoms with Crippen molar-refractivity contribution >= 4 is 5.91 Å². The van der Waals surface area contributed by atoms with Crippen LogP contribution in [0.2, 0.25) is 0 Å². The summed E-state index contributed by atoms with van der Waals surface area (Å²) in [6.07, 6.45) is 4.64. The molecule has 8 unspecified atom stereocenters. The number of carbonyl (C=O) groups is 1. The van der Waals surface area contributed by atoms with Gasteiger partial charge in [-0.05, 0) is 25.0 Å². The fourth-order valence-electron chi connectivity index (χ4n) is 5.34. The van der Waals surface area contributed by atoms with Crippen LogP contribution in [0.5, 0.6) is 0 Å². The minimum atomic E-state index is -1.63. The molecule has 42 heavy (non-hydrogen) atoms. The van der Waals surface area contributed by atoms with E-state index in [0.717, 1.165) is 31.2 Å². The summed E-state index contributed by atoms with van der Waals surface area (Å²) in [4.78, 5) is 13.0. The van der Waals surface area contributed by atoms with Crippen molar-refractivity contribution in [3.05, 3.63) is 35.4 Å². The van der Waals surface area contributed by atoms with Crippen LogP contribution in [0, 0.1) is 6.92 Å². The zero-order valence-electron chi connectivity index (χ0n) is 25.4. The molecule has 0 aromatic heterocycles. The summed E-state index contributed by atoms with van der Waals surface area (Å²) in [5.41, 5.74) is 1.13. The number of amides is 1. The van der Waals surface area contributed by atoms with E-state index in [1.54, 1.807) is 31.2 Å². The molecule has 0 spiro atoms. The zero-order chi connectivity index (χ0) is 30.9. The highest BCUT2D eigenvalue weighted by Gasteiger charge is 2.44. The molecule has 7 N–H and O–H groups in total. The summed E-state index contributed by atoms with van der Waals surface area (Å²) in [5.74, 6) is -0.466. The van der Waals surface area contributed by atoms with Crippen molar-refractivity contribution in [2.45, 2.75) is 146 Å². The van der Waals surface area contributed by atoms with Crippen molar-refractivity contribution in [2.75, 3.05) is 13.2 Å². The lowest BCUT2D eigenvalue weighted by molar-refractivity contribution is -0.303. The summed E-state index contributed by atoms with van der Waals surface area (Å²) < 4.78 is 11.0. The Kier molecular flexibility index (Phi) is 17.7. The molecule has 1 aromatic carbocycles. The lowest BCUT2D eigenvalue weighted by Gasteiger charge is -2.40. The molecule has 1 amide bonds. The Morgan fingerprint density at radius 3 is 2.02 bits per heavy atom. The molecular formula is C32H55NO9. The van der Waals surface area contributed by atoms with Crippen molar-refractivity contribution in [2.24, 2.45) is 0 Å². The van der Waals surface area contributed by atoms with Crippen molar-refractivity contribution in [3.63, 3.8) is 0 Å². The fraction of sp³-hybridized carbons (Fsp3) is 0.781. The fourth-order valence-corrected chi connectivity index (χ4v) is 5.34. The van der Waals surface area contributed by atoms with Gasteiger partial charge in [0.1, 0.15) is 30.5 Å². The number of aliphatic hydroxyl groups is 6. The third-order valence-corrected chi connectivity index (χ3v) is 8.15. The number of ether oxygens (including phenoxy) is 2. The molecule has 0 aliphatic carbocycles. The maximum atomic E-state index is 13.0. The third-order valence-electron chi connectivity index (χ3n) is 8.15. The highest BCUT2D eigenvalue weighted by Crippen LogP contribution is 2.23. The van der Waals surface area contributed by atoms with E-state index < -0.39 is 61.5 Å². The van der Waals surface area contributed by atoms with E-state index in [4.69, 9.17) is 9.47 Å². The maximum absolute atomic E-state index is 13.0. The van der Waals surface area contributed by atoms with Gasteiger partial charge in [-0.3, -0.25) is 4.79 Å². The minimum absolute atomic E-state index is 0.343. The number of rotatable bonds is 21. The molecule has 242 valence electrons. The van der Waals surface area contributed by atoms with Gasteiger partial charge >= 0.3 is 0 Å². The number of hydrogen-bond acceptors (Lipinski definition) is 9. The van der Waals surface area contributed by atoms with Gasteiger partial charge < -0.3 is 45.4 Å². The smallest absolute Gasteiger partial charge is 0.251 e. The Bertz CT molecular complexity index is 870. The molecule has 1 saturated heterocycles. The average Bonchev–Trinajstić information content (AvgIpc) is 2.99. The van der Waals surface area contributed by atoms with Crippen molar-refractivity contribution in [1.29, 1.82) is 0 Å². The van der Waals surface area contributed by atoms with Crippen LogP contribution in [0.4, 0.5) is 0 Å². The number of nitrogens with one attached hydrogen (secondary N) is 1. The first-order chi connectivity index (χ1) is 20.2. The quantitative estimate of drug-likeness (QED) is 0.105. The number of benzene rings is 1. The summed E-state index contributed by atoms with van der Waals surface area (Å²) in [6, 6.07) is 5.89. The van der Waals surface area contributed by atoms with Gasteiger partial charge in [0, 0.05) is 5.56 Å². The van der Waals surface area contributed by atoms with Gasteiger partial charge in [-0.1, -0.05) is 102 Å². The molecule has 1 aliphatic rings. The van der Waals surface area contributed by atoms with E-state index in [1.165, 1.54) is 51.4 Å². The van der Waals surface area contributed by atoms with Gasteiger partial charge in [0.25, 0.3) is 5.91 Å². The second-order valence-corrected chi connectivity index (χ2v) is 11.7. The molecule has 1 aromatic rings. The molecular weight excluding hydrogens is 542 g/mol. The number of aliphatic hydroxyl groups excluding tert-OH is 6. The van der Waals surface area contributed by atoms with Crippen molar-refractivity contribution in [1.82, 2.24) is 5.32 Å². The van der Waals surface area contributed by atoms with Gasteiger partial charge in [-0.15, -0.1) is 0 Å². The second kappa shape index (κ2) is 20.3. The highest BCUT2D eigenvalue weighted by atomic mass is 16.7. The van der Waals surface area contributed by atoms with Gasteiger partial charge in [0.05, 0.1) is 25.4 Å². The SMILES string of the molecule is CCCCCCCCCCCCCCC(O)C(O)C(COC1OC(CO)C(O)C(O)C1O)NC(=O)c1ccccc1C. The van der Waals surface area contributed by atoms with E-state index in [0.29, 0.717) is 12.0 Å². The number of unbranched alkanes of at least 4 members (excludes halogenated alkanes) is 11. The first-order valence-corrected chi connectivity index (χ1v) is 15.9. The maximum Gasteiger partial charge on any atom is 0.251 e. The van der Waals surface area contributed by atoms with Crippen LogP contribution in [-0.4, -0.2) is 98.7 Å². The Hall–Kier alpha value is -1.63. The molecule has 10 heteroatoms. The molecule has 0 bridgehead atoms. The van der Waals surface area contributed by atoms with Crippen molar-refractivity contribution in [3.8, 4) is 0 Å². The molecule has 1 heterocycles. The second-order valence-electron chi connectivity index (χ2n) is 11.7. The van der Waals surface area contributed by atoms with Crippen LogP contribution >= 0.6 is 0 Å². The van der Waals surface area contributed by atoms with Crippen LogP contribution in [0.1, 0.15) is 106 Å². The first kappa shape index (κ1) is 36.6. The van der Waals surface area contributed by atoms with Crippen LogP contribution in [0.25, 0.3) is 0 Å². The topological polar surface area (TPSA) is 169 Å². The van der Waals surface area contributed by atoms with E-state index in [9.17, 15) is 35.4 Å². The zero-order valence-corrected chi connectivity index (χ0v) is 25.4. The molecule has 0 saturated carbocycles. The van der Waals surface area contributed by atoms with E-state index in [2.05, 4.69) is 12.2 Å². The third kappa shape index (κ3) is 12.2. The Labute approximate surface area is 251 Å². The normalized spacial score (nSPS) is 24.7. The number of hydrogen-bond donors (Lipinski definition) is 7. The van der Waals surface area contributed by atoms with E-state index in [1.807, 2.05) is 0 Å². The van der Waals surface area contributed by atoms with Crippen LogP contribution in [-0.2, 0) is 9.47 Å². The Balaban J connectivity index is 1.87. The first-order valence-electron chi connectivity index (χ1n) is 15.9. The standard InChI is InChI=1S/C32H55NO9/c1-3-4-5-6-7-8-9-10-11-12-13-14-19-25(35)27(36)24(33-31(40)23-18-16-15-17-22(23)2)21-41-32-30(39)29(38)28(37)26(20-34)42-32/h15-18,24-30,32,34-39H,3-14,19-21H2,1-2H3,(H,33,40). The predicted octanol–water partition coefficient (Wildman–Crippen LogP) is 2.72. The van der Waals surface area contributed by atoms with Gasteiger partial charge in [0.15, 0.2) is 6.29 Å². The van der Waals surface area contributed by atoms with Gasteiger partial charge in [-0.25, -0.2) is 0 Å². The lowest BCUT2D eigenvalue weighted by atomic mass is 9.98. The van der Waals surface area contributed by atoms with E-state index >= 15 is 0 Å². The van der Waals surface area contributed by atoms with Gasteiger partial charge in [0.2, 0.25) is 0 Å². The minimum Gasteiger partial charge on any atom is -0.394 e. The van der Waals surface area contributed by atoms with Crippen LogP contribution < -0.4 is 5.32 Å². The van der Waals surface area contributed by atoms with Crippen molar-refractivity contribution < 1.29 is 44.9 Å². The largest absolute Gasteiger partial charge is 0.394 e. The highest BCUT2D eigenvalue weighted by molar-refractivity contribution is 5.95. The molecule has 1 aliphatic heterocycles. The summed E-state index contributed by atoms with van der Waals surface area (Å²) >= 11 is 0.